The molecule has 0 fully saturated rings. The third-order valence-corrected chi connectivity index (χ3v) is 1.99. The first-order valence-corrected chi connectivity index (χ1v) is 4.90. The Balaban J connectivity index is 3.06. The van der Waals surface area contributed by atoms with Gasteiger partial charge in [-0.05, 0) is 6.92 Å². The highest BCUT2D eigenvalue weighted by Crippen LogP contribution is 2.03. The summed E-state index contributed by atoms with van der Waals surface area (Å²) in [6, 6.07) is 1.29. The molecular formula is C9H13ClN2O2. The standard InChI is InChI=1S/C9H13ClN2O2/c1-3-8-11-7(10)5-9(13)12(8)6-14-4-2/h5H,3-4,6H2,1-2H3. The molecule has 0 saturated heterocycles. The van der Waals surface area contributed by atoms with E-state index in [4.69, 9.17) is 16.3 Å². The van der Waals surface area contributed by atoms with Crippen molar-refractivity contribution in [2.75, 3.05) is 6.61 Å². The van der Waals surface area contributed by atoms with Crippen LogP contribution in [0.3, 0.4) is 0 Å². The molecule has 4 nitrogen and oxygen atoms in total. The summed E-state index contributed by atoms with van der Waals surface area (Å²) in [4.78, 5) is 15.5. The minimum atomic E-state index is -0.171. The zero-order valence-corrected chi connectivity index (χ0v) is 9.04. The van der Waals surface area contributed by atoms with Crippen molar-refractivity contribution in [3.63, 3.8) is 0 Å². The van der Waals surface area contributed by atoms with E-state index >= 15 is 0 Å². The minimum absolute atomic E-state index is 0.171. The van der Waals surface area contributed by atoms with E-state index in [9.17, 15) is 4.79 Å². The maximum Gasteiger partial charge on any atom is 0.256 e. The molecule has 0 amide bonds. The summed E-state index contributed by atoms with van der Waals surface area (Å²) in [5.74, 6) is 0.649. The van der Waals surface area contributed by atoms with Crippen molar-refractivity contribution >= 4 is 11.6 Å². The van der Waals surface area contributed by atoms with E-state index in [2.05, 4.69) is 4.98 Å². The van der Waals surface area contributed by atoms with Crippen molar-refractivity contribution in [1.82, 2.24) is 9.55 Å². The topological polar surface area (TPSA) is 44.1 Å². The molecule has 0 bridgehead atoms. The summed E-state index contributed by atoms with van der Waals surface area (Å²) < 4.78 is 6.64. The summed E-state index contributed by atoms with van der Waals surface area (Å²) in [7, 11) is 0. The van der Waals surface area contributed by atoms with Gasteiger partial charge in [0, 0.05) is 19.1 Å². The number of nitrogens with zero attached hydrogens (tertiary/aromatic N) is 2. The van der Waals surface area contributed by atoms with Gasteiger partial charge in [-0.3, -0.25) is 9.36 Å². The van der Waals surface area contributed by atoms with Crippen LogP contribution >= 0.6 is 11.6 Å². The number of halogens is 1. The molecule has 0 aliphatic heterocycles. The fourth-order valence-electron chi connectivity index (χ4n) is 1.11. The Labute approximate surface area is 87.5 Å². The predicted octanol–water partition coefficient (Wildman–Crippen LogP) is 1.45. The molecule has 78 valence electrons. The van der Waals surface area contributed by atoms with E-state index < -0.39 is 0 Å². The molecule has 0 spiro atoms. The maximum atomic E-state index is 11.5. The van der Waals surface area contributed by atoms with Crippen LogP contribution < -0.4 is 5.56 Å². The molecule has 14 heavy (non-hydrogen) atoms. The van der Waals surface area contributed by atoms with E-state index in [0.717, 1.165) is 0 Å². The molecule has 1 heterocycles. The third kappa shape index (κ3) is 2.56. The number of aryl methyl sites for hydroxylation is 1. The van der Waals surface area contributed by atoms with Crippen LogP contribution in [-0.4, -0.2) is 16.2 Å². The van der Waals surface area contributed by atoms with Crippen LogP contribution in [0.4, 0.5) is 0 Å². The average molecular weight is 217 g/mol. The number of hydrogen-bond acceptors (Lipinski definition) is 3. The molecule has 0 aromatic carbocycles. The highest BCUT2D eigenvalue weighted by molar-refractivity contribution is 6.29. The van der Waals surface area contributed by atoms with Gasteiger partial charge >= 0.3 is 0 Å². The summed E-state index contributed by atoms with van der Waals surface area (Å²) in [6.07, 6.45) is 0.656. The fraction of sp³-hybridized carbons (Fsp3) is 0.556. The van der Waals surface area contributed by atoms with Crippen molar-refractivity contribution in [1.29, 1.82) is 0 Å². The molecule has 1 aromatic rings. The largest absolute Gasteiger partial charge is 0.361 e. The predicted molar refractivity (Wildman–Crippen MR) is 54.5 cm³/mol. The molecule has 0 aliphatic rings. The lowest BCUT2D eigenvalue weighted by Gasteiger charge is -2.09. The second-order valence-corrected chi connectivity index (χ2v) is 3.12. The highest BCUT2D eigenvalue weighted by atomic mass is 35.5. The molecule has 0 aliphatic carbocycles. The van der Waals surface area contributed by atoms with Gasteiger partial charge in [0.15, 0.2) is 0 Å². The number of aromatic nitrogens is 2. The quantitative estimate of drug-likeness (QED) is 0.716. The summed E-state index contributed by atoms with van der Waals surface area (Å²) in [5.41, 5.74) is -0.171. The molecule has 0 atom stereocenters. The molecule has 1 aromatic heterocycles. The van der Waals surface area contributed by atoms with E-state index in [1.54, 1.807) is 0 Å². The molecule has 1 rings (SSSR count). The highest BCUT2D eigenvalue weighted by Gasteiger charge is 2.05. The second kappa shape index (κ2) is 5.12. The smallest absolute Gasteiger partial charge is 0.256 e. The van der Waals surface area contributed by atoms with Gasteiger partial charge in [-0.15, -0.1) is 0 Å². The van der Waals surface area contributed by atoms with Crippen molar-refractivity contribution in [2.24, 2.45) is 0 Å². The minimum Gasteiger partial charge on any atom is -0.361 e. The van der Waals surface area contributed by atoms with Crippen LogP contribution in [-0.2, 0) is 17.9 Å². The van der Waals surface area contributed by atoms with Crippen LogP contribution in [0.5, 0.6) is 0 Å². The number of rotatable bonds is 4. The monoisotopic (exact) mass is 216 g/mol. The zero-order valence-electron chi connectivity index (χ0n) is 8.29. The summed E-state index contributed by atoms with van der Waals surface area (Å²) in [5, 5.41) is 0.236. The van der Waals surface area contributed by atoms with Gasteiger partial charge in [-0.1, -0.05) is 18.5 Å². The van der Waals surface area contributed by atoms with E-state index in [1.807, 2.05) is 13.8 Å². The Morgan fingerprint density at radius 2 is 2.29 bits per heavy atom. The van der Waals surface area contributed by atoms with Crippen molar-refractivity contribution < 1.29 is 4.74 Å². The maximum absolute atomic E-state index is 11.5. The molecule has 0 unspecified atom stereocenters. The van der Waals surface area contributed by atoms with Crippen LogP contribution in [0.15, 0.2) is 10.9 Å². The zero-order chi connectivity index (χ0) is 10.6. The molecule has 0 saturated carbocycles. The first-order valence-electron chi connectivity index (χ1n) is 4.53. The van der Waals surface area contributed by atoms with E-state index in [-0.39, 0.29) is 17.4 Å². The van der Waals surface area contributed by atoms with Gasteiger partial charge in [0.25, 0.3) is 5.56 Å². The second-order valence-electron chi connectivity index (χ2n) is 2.74. The Hall–Kier alpha value is -0.870. The van der Waals surface area contributed by atoms with Gasteiger partial charge in [0.05, 0.1) is 0 Å². The summed E-state index contributed by atoms with van der Waals surface area (Å²) >= 11 is 5.67. The first-order chi connectivity index (χ1) is 6.69. The van der Waals surface area contributed by atoms with Gasteiger partial charge in [-0.2, -0.15) is 0 Å². The lowest BCUT2D eigenvalue weighted by Crippen LogP contribution is -2.25. The van der Waals surface area contributed by atoms with Gasteiger partial charge in [0.2, 0.25) is 0 Å². The van der Waals surface area contributed by atoms with Crippen molar-refractivity contribution in [2.45, 2.75) is 27.0 Å². The average Bonchev–Trinajstić information content (AvgIpc) is 2.15. The van der Waals surface area contributed by atoms with E-state index in [0.29, 0.717) is 18.9 Å². The van der Waals surface area contributed by atoms with E-state index in [1.165, 1.54) is 10.6 Å². The summed E-state index contributed by atoms with van der Waals surface area (Å²) in [6.45, 7) is 4.60. The normalized spacial score (nSPS) is 10.5. The Bertz CT molecular complexity index is 362. The van der Waals surface area contributed by atoms with Gasteiger partial charge in [0.1, 0.15) is 17.7 Å². The van der Waals surface area contributed by atoms with Crippen LogP contribution in [0.25, 0.3) is 0 Å². The molecule has 0 N–H and O–H groups in total. The Morgan fingerprint density at radius 3 is 2.86 bits per heavy atom. The molecule has 0 radical (unpaired) electrons. The number of ether oxygens (including phenoxy) is 1. The lowest BCUT2D eigenvalue weighted by molar-refractivity contribution is 0.0824. The SMILES string of the molecule is CCOCn1c(CC)nc(Cl)cc1=O. The van der Waals surface area contributed by atoms with Crippen LogP contribution in [0.2, 0.25) is 5.15 Å². The molecular weight excluding hydrogens is 204 g/mol. The van der Waals surface area contributed by atoms with Crippen molar-refractivity contribution in [3.8, 4) is 0 Å². The fourth-order valence-corrected chi connectivity index (χ4v) is 1.30. The third-order valence-electron chi connectivity index (χ3n) is 1.80. The van der Waals surface area contributed by atoms with Crippen LogP contribution in [0.1, 0.15) is 19.7 Å². The number of hydrogen-bond donors (Lipinski definition) is 0. The van der Waals surface area contributed by atoms with Gasteiger partial charge in [-0.25, -0.2) is 4.98 Å². The Morgan fingerprint density at radius 1 is 1.57 bits per heavy atom. The van der Waals surface area contributed by atoms with Crippen molar-refractivity contribution in [3.05, 3.63) is 27.4 Å². The van der Waals surface area contributed by atoms with Gasteiger partial charge < -0.3 is 4.74 Å². The Kier molecular flexibility index (Phi) is 4.10. The lowest BCUT2D eigenvalue weighted by atomic mass is 10.4. The van der Waals surface area contributed by atoms with Crippen LogP contribution in [0, 0.1) is 0 Å². The molecule has 5 heteroatoms. The first kappa shape index (κ1) is 11.2.